The normalized spacial score (nSPS) is 11.6. The summed E-state index contributed by atoms with van der Waals surface area (Å²) in [6.45, 7) is 0. The molecule has 0 bridgehead atoms. The zero-order chi connectivity index (χ0) is 18.1. The van der Waals surface area contributed by atoms with Gasteiger partial charge in [-0.15, -0.1) is 11.3 Å². The van der Waals surface area contributed by atoms with E-state index in [0.29, 0.717) is 34.0 Å². The van der Waals surface area contributed by atoms with Crippen LogP contribution in [0.5, 0.6) is 5.75 Å². The lowest BCUT2D eigenvalue weighted by Crippen LogP contribution is -2.12. The third-order valence-electron chi connectivity index (χ3n) is 3.64. The number of hydrogen-bond donors (Lipinski definition) is 2. The standard InChI is InChI=1S/C16H13N5O3S2/c1-24-13-5-4-10(15-19-12-8-17-9-18-16(12)20-15)7-11(13)21-26(22,23)14-3-2-6-25-14/h2-9,21H,1H3,(H,17,18,19,20). The number of aromatic amines is 1. The van der Waals surface area contributed by atoms with Crippen molar-refractivity contribution in [2.75, 3.05) is 11.8 Å². The van der Waals surface area contributed by atoms with E-state index < -0.39 is 10.0 Å². The molecule has 0 saturated carbocycles. The highest BCUT2D eigenvalue weighted by atomic mass is 32.2. The molecule has 0 saturated heterocycles. The van der Waals surface area contributed by atoms with Gasteiger partial charge in [-0.3, -0.25) is 4.72 Å². The summed E-state index contributed by atoms with van der Waals surface area (Å²) in [5, 5.41) is 1.71. The molecule has 0 spiro atoms. The Labute approximate surface area is 153 Å². The van der Waals surface area contributed by atoms with Gasteiger partial charge in [0.15, 0.2) is 5.65 Å². The van der Waals surface area contributed by atoms with Gasteiger partial charge in [0.2, 0.25) is 0 Å². The number of sulfonamides is 1. The molecule has 3 aromatic heterocycles. The summed E-state index contributed by atoms with van der Waals surface area (Å²) in [7, 11) is -2.21. The number of nitrogens with one attached hydrogen (secondary N) is 2. The van der Waals surface area contributed by atoms with E-state index in [1.54, 1.807) is 41.9 Å². The topological polar surface area (TPSA) is 110 Å². The second-order valence-corrected chi connectivity index (χ2v) is 8.16. The van der Waals surface area contributed by atoms with Crippen molar-refractivity contribution in [2.24, 2.45) is 0 Å². The number of ether oxygens (including phenoxy) is 1. The van der Waals surface area contributed by atoms with E-state index in [9.17, 15) is 8.42 Å². The summed E-state index contributed by atoms with van der Waals surface area (Å²) in [5.74, 6) is 0.963. The molecular formula is C16H13N5O3S2. The van der Waals surface area contributed by atoms with Crippen LogP contribution in [0.4, 0.5) is 5.69 Å². The lowest BCUT2D eigenvalue weighted by atomic mass is 10.2. The number of fused-ring (bicyclic) bond motifs is 1. The third-order valence-corrected chi connectivity index (χ3v) is 6.40. The van der Waals surface area contributed by atoms with Gasteiger partial charge < -0.3 is 9.72 Å². The molecule has 0 atom stereocenters. The van der Waals surface area contributed by atoms with Gasteiger partial charge in [0.25, 0.3) is 10.0 Å². The summed E-state index contributed by atoms with van der Waals surface area (Å²) in [4.78, 5) is 15.6. The molecule has 4 aromatic rings. The molecule has 0 fully saturated rings. The molecule has 0 aliphatic heterocycles. The lowest BCUT2D eigenvalue weighted by Gasteiger charge is -2.12. The largest absolute Gasteiger partial charge is 0.495 e. The van der Waals surface area contributed by atoms with Crippen molar-refractivity contribution in [3.8, 4) is 17.1 Å². The van der Waals surface area contributed by atoms with Crippen LogP contribution in [0.2, 0.25) is 0 Å². The van der Waals surface area contributed by atoms with E-state index >= 15 is 0 Å². The SMILES string of the molecule is COc1ccc(-c2nc3ncncc3[nH]2)cc1NS(=O)(=O)c1cccs1. The van der Waals surface area contributed by atoms with Crippen LogP contribution in [0.25, 0.3) is 22.6 Å². The molecule has 10 heteroatoms. The molecule has 1 aromatic carbocycles. The first kappa shape index (κ1) is 16.5. The van der Waals surface area contributed by atoms with Crippen LogP contribution in [0, 0.1) is 0 Å². The Morgan fingerprint density at radius 2 is 2.15 bits per heavy atom. The number of methoxy groups -OCH3 is 1. The van der Waals surface area contributed by atoms with Crippen LogP contribution >= 0.6 is 11.3 Å². The van der Waals surface area contributed by atoms with Gasteiger partial charge in [0.1, 0.15) is 27.6 Å². The predicted molar refractivity (Wildman–Crippen MR) is 98.8 cm³/mol. The highest BCUT2D eigenvalue weighted by molar-refractivity contribution is 7.94. The molecule has 132 valence electrons. The molecule has 0 amide bonds. The number of imidazole rings is 1. The lowest BCUT2D eigenvalue weighted by molar-refractivity contribution is 0.417. The monoisotopic (exact) mass is 387 g/mol. The van der Waals surface area contributed by atoms with Crippen molar-refractivity contribution in [3.63, 3.8) is 0 Å². The number of aromatic nitrogens is 4. The number of hydrogen-bond acceptors (Lipinski definition) is 7. The highest BCUT2D eigenvalue weighted by Crippen LogP contribution is 2.32. The fourth-order valence-corrected chi connectivity index (χ4v) is 4.50. The Bertz CT molecular complexity index is 1140. The highest BCUT2D eigenvalue weighted by Gasteiger charge is 2.18. The molecule has 8 nitrogen and oxygen atoms in total. The van der Waals surface area contributed by atoms with Crippen molar-refractivity contribution < 1.29 is 13.2 Å². The number of rotatable bonds is 5. The Hall–Kier alpha value is -2.98. The summed E-state index contributed by atoms with van der Waals surface area (Å²) in [5.41, 5.74) is 2.24. The van der Waals surface area contributed by atoms with E-state index in [2.05, 4.69) is 24.7 Å². The molecule has 0 unspecified atom stereocenters. The maximum atomic E-state index is 12.5. The average Bonchev–Trinajstić information content (AvgIpc) is 3.31. The van der Waals surface area contributed by atoms with E-state index in [4.69, 9.17) is 4.74 Å². The Kier molecular flexibility index (Phi) is 4.05. The predicted octanol–water partition coefficient (Wildman–Crippen LogP) is 2.89. The maximum absolute atomic E-state index is 12.5. The van der Waals surface area contributed by atoms with E-state index in [0.717, 1.165) is 11.3 Å². The first-order valence-corrected chi connectivity index (χ1v) is 9.83. The Morgan fingerprint density at radius 1 is 1.27 bits per heavy atom. The molecular weight excluding hydrogens is 374 g/mol. The molecule has 0 aliphatic rings. The summed E-state index contributed by atoms with van der Waals surface area (Å²) in [6.07, 6.45) is 3.05. The second-order valence-electron chi connectivity index (χ2n) is 5.30. The van der Waals surface area contributed by atoms with E-state index in [1.807, 2.05) is 0 Å². The van der Waals surface area contributed by atoms with Gasteiger partial charge in [0, 0.05) is 5.56 Å². The fraction of sp³-hybridized carbons (Fsp3) is 0.0625. The van der Waals surface area contributed by atoms with Gasteiger partial charge in [0.05, 0.1) is 19.0 Å². The van der Waals surface area contributed by atoms with E-state index in [1.165, 1.54) is 13.4 Å². The number of anilines is 1. The molecule has 0 aliphatic carbocycles. The number of thiophene rings is 1. The van der Waals surface area contributed by atoms with Crippen LogP contribution in [-0.4, -0.2) is 35.5 Å². The Morgan fingerprint density at radius 3 is 2.88 bits per heavy atom. The van der Waals surface area contributed by atoms with Crippen LogP contribution in [0.1, 0.15) is 0 Å². The summed E-state index contributed by atoms with van der Waals surface area (Å²) >= 11 is 1.14. The molecule has 0 radical (unpaired) electrons. The zero-order valence-corrected chi connectivity index (χ0v) is 15.1. The van der Waals surface area contributed by atoms with Gasteiger partial charge >= 0.3 is 0 Å². The van der Waals surface area contributed by atoms with Gasteiger partial charge in [-0.05, 0) is 29.6 Å². The molecule has 3 heterocycles. The van der Waals surface area contributed by atoms with Crippen LogP contribution in [-0.2, 0) is 10.0 Å². The van der Waals surface area contributed by atoms with Gasteiger partial charge in [-0.25, -0.2) is 23.4 Å². The zero-order valence-electron chi connectivity index (χ0n) is 13.5. The number of H-pyrrole nitrogens is 1. The molecule has 26 heavy (non-hydrogen) atoms. The quantitative estimate of drug-likeness (QED) is 0.545. The van der Waals surface area contributed by atoms with Gasteiger partial charge in [-0.2, -0.15) is 0 Å². The Balaban J connectivity index is 1.76. The second kappa shape index (κ2) is 6.39. The van der Waals surface area contributed by atoms with Crippen LogP contribution in [0.3, 0.4) is 0 Å². The minimum atomic E-state index is -3.69. The first-order valence-electron chi connectivity index (χ1n) is 7.47. The van der Waals surface area contributed by atoms with Crippen molar-refractivity contribution in [3.05, 3.63) is 48.2 Å². The minimum absolute atomic E-state index is 0.226. The summed E-state index contributed by atoms with van der Waals surface area (Å²) < 4.78 is 33.1. The van der Waals surface area contributed by atoms with Crippen molar-refractivity contribution in [1.82, 2.24) is 19.9 Å². The smallest absolute Gasteiger partial charge is 0.271 e. The van der Waals surface area contributed by atoms with Crippen LogP contribution in [0.15, 0.2) is 52.4 Å². The fourth-order valence-electron chi connectivity index (χ4n) is 2.45. The van der Waals surface area contributed by atoms with Crippen molar-refractivity contribution in [2.45, 2.75) is 4.21 Å². The minimum Gasteiger partial charge on any atom is -0.495 e. The summed E-state index contributed by atoms with van der Waals surface area (Å²) in [6, 6.07) is 8.35. The molecule has 2 N–H and O–H groups in total. The van der Waals surface area contributed by atoms with Gasteiger partial charge in [-0.1, -0.05) is 6.07 Å². The first-order chi connectivity index (χ1) is 12.6. The number of benzene rings is 1. The van der Waals surface area contributed by atoms with Crippen LogP contribution < -0.4 is 9.46 Å². The maximum Gasteiger partial charge on any atom is 0.271 e. The van der Waals surface area contributed by atoms with Crippen molar-refractivity contribution >= 4 is 38.2 Å². The van der Waals surface area contributed by atoms with Crippen molar-refractivity contribution in [1.29, 1.82) is 0 Å². The average molecular weight is 387 g/mol. The van der Waals surface area contributed by atoms with E-state index in [-0.39, 0.29) is 4.21 Å². The molecule has 4 rings (SSSR count). The number of nitrogens with zero attached hydrogens (tertiary/aromatic N) is 3. The third kappa shape index (κ3) is 3.00.